The van der Waals surface area contributed by atoms with Gasteiger partial charge in [-0.1, -0.05) is 12.1 Å². The van der Waals surface area contributed by atoms with Crippen LogP contribution < -0.4 is 14.4 Å². The Morgan fingerprint density at radius 3 is 3.05 bits per heavy atom. The van der Waals surface area contributed by atoms with Crippen molar-refractivity contribution in [3.63, 3.8) is 0 Å². The molecule has 0 spiro atoms. The highest BCUT2D eigenvalue weighted by molar-refractivity contribution is 7.13. The monoisotopic (exact) mass is 318 g/mol. The Morgan fingerprint density at radius 2 is 2.32 bits per heavy atom. The molecule has 5 nitrogen and oxygen atoms in total. The summed E-state index contributed by atoms with van der Waals surface area (Å²) in [6.07, 6.45) is 2.51. The molecule has 1 aliphatic heterocycles. The van der Waals surface area contributed by atoms with Crippen molar-refractivity contribution in [3.05, 3.63) is 35.3 Å². The minimum Gasteiger partial charge on any atom is -0.483 e. The summed E-state index contributed by atoms with van der Waals surface area (Å²) in [5.41, 5.74) is 0.881. The van der Waals surface area contributed by atoms with Gasteiger partial charge in [-0.05, 0) is 19.9 Å². The Bertz CT molecular complexity index is 683. The Hall–Kier alpha value is -2.08. The molecule has 1 aromatic carbocycles. The molecule has 116 valence electrons. The fourth-order valence-electron chi connectivity index (χ4n) is 2.43. The summed E-state index contributed by atoms with van der Waals surface area (Å²) in [5.74, 6) is 1.21. The molecule has 6 heteroatoms. The third-order valence-electron chi connectivity index (χ3n) is 3.49. The molecule has 0 N–H and O–H groups in total. The highest BCUT2D eigenvalue weighted by Gasteiger charge is 2.32. The van der Waals surface area contributed by atoms with Gasteiger partial charge in [0, 0.05) is 30.6 Å². The number of hydrogen-bond donors (Lipinski definition) is 0. The number of likely N-dealkylation sites (N-methyl/N-ethyl adjacent to an activating group) is 1. The van der Waals surface area contributed by atoms with Crippen molar-refractivity contribution >= 4 is 22.4 Å². The lowest BCUT2D eigenvalue weighted by atomic mass is 10.0. The van der Waals surface area contributed by atoms with Gasteiger partial charge in [-0.2, -0.15) is 0 Å². The van der Waals surface area contributed by atoms with Gasteiger partial charge in [-0.15, -0.1) is 11.3 Å². The van der Waals surface area contributed by atoms with Gasteiger partial charge in [0.15, 0.2) is 23.2 Å². The highest BCUT2D eigenvalue weighted by Crippen LogP contribution is 2.41. The van der Waals surface area contributed by atoms with Crippen LogP contribution in [0.3, 0.4) is 0 Å². The number of anilines is 1. The molecular weight excluding hydrogens is 300 g/mol. The number of nitrogens with zero attached hydrogens (tertiary/aromatic N) is 2. The number of hydrogen-bond acceptors (Lipinski definition) is 5. The van der Waals surface area contributed by atoms with E-state index >= 15 is 0 Å². The van der Waals surface area contributed by atoms with Crippen LogP contribution in [0.5, 0.6) is 11.5 Å². The molecule has 0 atom stereocenters. The zero-order valence-corrected chi connectivity index (χ0v) is 13.6. The van der Waals surface area contributed by atoms with Gasteiger partial charge < -0.3 is 9.47 Å². The van der Waals surface area contributed by atoms with E-state index < -0.39 is 0 Å². The second-order valence-electron chi connectivity index (χ2n) is 5.84. The number of rotatable bonds is 4. The molecule has 1 aliphatic rings. The zero-order chi connectivity index (χ0) is 15.7. The van der Waals surface area contributed by atoms with Crippen molar-refractivity contribution in [3.8, 4) is 11.5 Å². The zero-order valence-electron chi connectivity index (χ0n) is 12.8. The first kappa shape index (κ1) is 14.8. The van der Waals surface area contributed by atoms with Gasteiger partial charge in [-0.3, -0.25) is 9.69 Å². The van der Waals surface area contributed by atoms with Crippen LogP contribution >= 0.6 is 11.3 Å². The molecule has 1 amide bonds. The fraction of sp³-hybridized carbons (Fsp3) is 0.375. The summed E-state index contributed by atoms with van der Waals surface area (Å²) >= 11 is 1.41. The first-order chi connectivity index (χ1) is 10.5. The molecule has 0 aliphatic carbocycles. The maximum atomic E-state index is 12.2. The molecule has 0 saturated carbocycles. The molecule has 0 fully saturated rings. The van der Waals surface area contributed by atoms with Gasteiger partial charge in [0.2, 0.25) is 0 Å². The smallest absolute Gasteiger partial charge is 0.266 e. The Labute approximate surface area is 133 Å². The number of thiazole rings is 1. The number of para-hydroxylation sites is 1. The lowest BCUT2D eigenvalue weighted by Crippen LogP contribution is -2.31. The standard InChI is InChI=1S/C16H18N2O3S/c1-16(2)9-11-5-4-6-12(14(11)21-16)20-10-13(19)18(3)15-17-7-8-22-15/h4-8H,9-10H2,1-3H3. The maximum absolute atomic E-state index is 12.2. The van der Waals surface area contributed by atoms with Crippen LogP contribution in [-0.4, -0.2) is 30.1 Å². The summed E-state index contributed by atoms with van der Waals surface area (Å²) in [7, 11) is 1.69. The van der Waals surface area contributed by atoms with Crippen molar-refractivity contribution in [2.24, 2.45) is 0 Å². The topological polar surface area (TPSA) is 51.7 Å². The van der Waals surface area contributed by atoms with Gasteiger partial charge in [0.25, 0.3) is 5.91 Å². The van der Waals surface area contributed by atoms with E-state index in [0.717, 1.165) is 17.7 Å². The quantitative estimate of drug-likeness (QED) is 0.870. The van der Waals surface area contributed by atoms with E-state index in [1.165, 1.54) is 16.2 Å². The van der Waals surface area contributed by atoms with Crippen LogP contribution in [0.15, 0.2) is 29.8 Å². The van der Waals surface area contributed by atoms with E-state index in [1.807, 2.05) is 37.4 Å². The van der Waals surface area contributed by atoms with Crippen LogP contribution in [-0.2, 0) is 11.2 Å². The van der Waals surface area contributed by atoms with Crippen molar-refractivity contribution in [1.29, 1.82) is 0 Å². The van der Waals surface area contributed by atoms with Crippen molar-refractivity contribution in [2.45, 2.75) is 25.9 Å². The Kier molecular flexibility index (Phi) is 3.78. The molecule has 0 unspecified atom stereocenters. The highest BCUT2D eigenvalue weighted by atomic mass is 32.1. The molecule has 2 heterocycles. The van der Waals surface area contributed by atoms with Crippen LogP contribution in [0, 0.1) is 0 Å². The van der Waals surface area contributed by atoms with Crippen LogP contribution in [0.1, 0.15) is 19.4 Å². The number of benzene rings is 1. The predicted octanol–water partition coefficient (Wildman–Crippen LogP) is 2.90. The summed E-state index contributed by atoms with van der Waals surface area (Å²) < 4.78 is 11.6. The minimum atomic E-state index is -0.233. The van der Waals surface area contributed by atoms with Gasteiger partial charge in [-0.25, -0.2) is 4.98 Å². The van der Waals surface area contributed by atoms with Crippen molar-refractivity contribution in [2.75, 3.05) is 18.6 Å². The van der Waals surface area contributed by atoms with Gasteiger partial charge in [0.05, 0.1) is 0 Å². The summed E-state index contributed by atoms with van der Waals surface area (Å²) in [4.78, 5) is 17.8. The third kappa shape index (κ3) is 2.92. The molecular formula is C16H18N2O3S. The third-order valence-corrected chi connectivity index (χ3v) is 4.33. The average molecular weight is 318 g/mol. The fourth-order valence-corrected chi connectivity index (χ4v) is 3.05. The van der Waals surface area contributed by atoms with E-state index in [1.54, 1.807) is 13.2 Å². The van der Waals surface area contributed by atoms with Crippen LogP contribution in [0.2, 0.25) is 0 Å². The average Bonchev–Trinajstić information content (AvgIpc) is 3.09. The molecule has 0 radical (unpaired) electrons. The molecule has 0 bridgehead atoms. The molecule has 3 rings (SSSR count). The predicted molar refractivity (Wildman–Crippen MR) is 85.9 cm³/mol. The second-order valence-corrected chi connectivity index (χ2v) is 6.71. The first-order valence-corrected chi connectivity index (χ1v) is 7.94. The SMILES string of the molecule is CN(C(=O)COc1cccc2c1OC(C)(C)C2)c1nccs1. The van der Waals surface area contributed by atoms with E-state index in [2.05, 4.69) is 4.98 Å². The minimum absolute atomic E-state index is 0.0453. The molecule has 0 saturated heterocycles. The van der Waals surface area contributed by atoms with Crippen molar-refractivity contribution < 1.29 is 14.3 Å². The number of amides is 1. The van der Waals surface area contributed by atoms with E-state index in [4.69, 9.17) is 9.47 Å². The first-order valence-electron chi connectivity index (χ1n) is 7.06. The molecule has 1 aromatic heterocycles. The number of carbonyl (C=O) groups excluding carboxylic acids is 1. The molecule has 2 aromatic rings. The lowest BCUT2D eigenvalue weighted by molar-refractivity contribution is -0.120. The van der Waals surface area contributed by atoms with E-state index in [0.29, 0.717) is 10.9 Å². The van der Waals surface area contributed by atoms with E-state index in [9.17, 15) is 4.79 Å². The Balaban J connectivity index is 1.68. The summed E-state index contributed by atoms with van der Waals surface area (Å²) in [6, 6.07) is 5.78. The number of carbonyl (C=O) groups is 1. The second kappa shape index (κ2) is 5.61. The van der Waals surface area contributed by atoms with Crippen LogP contribution in [0.25, 0.3) is 0 Å². The lowest BCUT2D eigenvalue weighted by Gasteiger charge is -2.19. The normalized spacial score (nSPS) is 15.0. The van der Waals surface area contributed by atoms with E-state index in [-0.39, 0.29) is 18.1 Å². The summed E-state index contributed by atoms with van der Waals surface area (Å²) in [6.45, 7) is 4.03. The Morgan fingerprint density at radius 1 is 1.50 bits per heavy atom. The maximum Gasteiger partial charge on any atom is 0.266 e. The van der Waals surface area contributed by atoms with Crippen LogP contribution in [0.4, 0.5) is 5.13 Å². The largest absolute Gasteiger partial charge is 0.483 e. The number of fused-ring (bicyclic) bond motifs is 1. The van der Waals surface area contributed by atoms with Crippen molar-refractivity contribution in [1.82, 2.24) is 4.98 Å². The molecule has 22 heavy (non-hydrogen) atoms. The van der Waals surface area contributed by atoms with Gasteiger partial charge >= 0.3 is 0 Å². The number of ether oxygens (including phenoxy) is 2. The van der Waals surface area contributed by atoms with Gasteiger partial charge in [0.1, 0.15) is 5.60 Å². The summed E-state index contributed by atoms with van der Waals surface area (Å²) in [5, 5.41) is 2.49. The number of aromatic nitrogens is 1.